The summed E-state index contributed by atoms with van der Waals surface area (Å²) in [6, 6.07) is 2.08. The summed E-state index contributed by atoms with van der Waals surface area (Å²) >= 11 is 0. The van der Waals surface area contributed by atoms with Crippen LogP contribution >= 0.6 is 0 Å². The van der Waals surface area contributed by atoms with Gasteiger partial charge in [0.05, 0.1) is 11.3 Å². The van der Waals surface area contributed by atoms with E-state index in [4.69, 9.17) is 0 Å². The molecule has 1 aromatic rings. The van der Waals surface area contributed by atoms with Crippen LogP contribution in [0.3, 0.4) is 0 Å². The highest BCUT2D eigenvalue weighted by molar-refractivity contribution is 5.12. The van der Waals surface area contributed by atoms with Crippen molar-refractivity contribution in [3.63, 3.8) is 0 Å². The molecule has 1 fully saturated rings. The number of nitrogens with zero attached hydrogens (tertiary/aromatic N) is 2. The Labute approximate surface area is 97.5 Å². The van der Waals surface area contributed by atoms with Crippen LogP contribution in [0.25, 0.3) is 0 Å². The maximum Gasteiger partial charge on any atom is 0.0705 e. The van der Waals surface area contributed by atoms with Crippen LogP contribution in [-0.2, 0) is 13.5 Å². The van der Waals surface area contributed by atoms with E-state index in [1.54, 1.807) is 0 Å². The normalized spacial score (nSPS) is 29.9. The van der Waals surface area contributed by atoms with Crippen molar-refractivity contribution in [1.82, 2.24) is 9.78 Å². The first-order valence-electron chi connectivity index (χ1n) is 6.24. The average Bonchev–Trinajstić information content (AvgIpc) is 2.72. The Morgan fingerprint density at radius 1 is 1.62 bits per heavy atom. The van der Waals surface area contributed by atoms with Gasteiger partial charge in [0, 0.05) is 19.2 Å². The molecule has 2 rings (SSSR count). The topological polar surface area (TPSA) is 38.1 Å². The van der Waals surface area contributed by atoms with Gasteiger partial charge in [-0.1, -0.05) is 13.3 Å². The monoisotopic (exact) mass is 222 g/mol. The molecule has 2 atom stereocenters. The summed E-state index contributed by atoms with van der Waals surface area (Å²) in [5.41, 5.74) is 1.70. The molecule has 1 aromatic heterocycles. The summed E-state index contributed by atoms with van der Waals surface area (Å²) in [4.78, 5) is 0. The zero-order valence-corrected chi connectivity index (χ0v) is 10.5. The molecule has 90 valence electrons. The van der Waals surface area contributed by atoms with Gasteiger partial charge in [-0.25, -0.2) is 0 Å². The van der Waals surface area contributed by atoms with E-state index in [9.17, 15) is 5.11 Å². The highest BCUT2D eigenvalue weighted by Crippen LogP contribution is 2.38. The van der Waals surface area contributed by atoms with Crippen LogP contribution in [0.1, 0.15) is 44.0 Å². The summed E-state index contributed by atoms with van der Waals surface area (Å²) in [5.74, 6) is 0.708. The molecule has 0 amide bonds. The Morgan fingerprint density at radius 3 is 2.88 bits per heavy atom. The molecule has 0 aromatic carbocycles. The Hall–Kier alpha value is -0.830. The predicted octanol–water partition coefficient (Wildman–Crippen LogP) is 2.21. The molecule has 16 heavy (non-hydrogen) atoms. The molecule has 1 N–H and O–H groups in total. The van der Waals surface area contributed by atoms with Crippen molar-refractivity contribution >= 4 is 0 Å². The fourth-order valence-corrected chi connectivity index (χ4v) is 2.89. The highest BCUT2D eigenvalue weighted by Gasteiger charge is 2.37. The zero-order valence-electron chi connectivity index (χ0n) is 10.5. The number of aliphatic hydroxyl groups is 1. The molecule has 1 aliphatic rings. The lowest BCUT2D eigenvalue weighted by atomic mass is 9.93. The van der Waals surface area contributed by atoms with Gasteiger partial charge in [0.1, 0.15) is 0 Å². The van der Waals surface area contributed by atoms with E-state index in [0.29, 0.717) is 5.92 Å². The first-order chi connectivity index (χ1) is 7.52. The van der Waals surface area contributed by atoms with Crippen LogP contribution in [0.4, 0.5) is 0 Å². The van der Waals surface area contributed by atoms with Crippen molar-refractivity contribution in [3.05, 3.63) is 17.5 Å². The third-order valence-corrected chi connectivity index (χ3v) is 3.87. The fourth-order valence-electron chi connectivity index (χ4n) is 2.89. The van der Waals surface area contributed by atoms with E-state index >= 15 is 0 Å². The largest absolute Gasteiger partial charge is 0.389 e. The number of aryl methyl sites for hydroxylation is 2. The standard InChI is InChI=1S/C13H22N2O/c1-4-11-5-6-13(16,8-11)9-12-7-10(2)14-15(12)3/h7,11,16H,4-6,8-9H2,1-3H3. The summed E-state index contributed by atoms with van der Waals surface area (Å²) < 4.78 is 1.90. The van der Waals surface area contributed by atoms with E-state index < -0.39 is 5.60 Å². The van der Waals surface area contributed by atoms with Gasteiger partial charge in [0.25, 0.3) is 0 Å². The lowest BCUT2D eigenvalue weighted by Crippen LogP contribution is -2.29. The van der Waals surface area contributed by atoms with Crippen molar-refractivity contribution in [2.75, 3.05) is 0 Å². The van der Waals surface area contributed by atoms with Gasteiger partial charge in [0.2, 0.25) is 0 Å². The molecule has 0 radical (unpaired) electrons. The van der Waals surface area contributed by atoms with Crippen LogP contribution in [0.5, 0.6) is 0 Å². The molecule has 0 aliphatic heterocycles. The fraction of sp³-hybridized carbons (Fsp3) is 0.769. The molecule has 1 aliphatic carbocycles. The van der Waals surface area contributed by atoms with E-state index in [1.165, 1.54) is 12.8 Å². The van der Waals surface area contributed by atoms with Crippen LogP contribution in [0, 0.1) is 12.8 Å². The van der Waals surface area contributed by atoms with Gasteiger partial charge >= 0.3 is 0 Å². The number of hydrogen-bond acceptors (Lipinski definition) is 2. The molecule has 3 nitrogen and oxygen atoms in total. The van der Waals surface area contributed by atoms with Crippen molar-refractivity contribution < 1.29 is 5.11 Å². The maximum atomic E-state index is 10.5. The van der Waals surface area contributed by atoms with Crippen LogP contribution in [0.2, 0.25) is 0 Å². The Kier molecular flexibility index (Phi) is 3.06. The SMILES string of the molecule is CCC1CCC(O)(Cc2cc(C)nn2C)C1. The molecule has 1 saturated carbocycles. The van der Waals surface area contributed by atoms with Crippen LogP contribution in [0.15, 0.2) is 6.07 Å². The summed E-state index contributed by atoms with van der Waals surface area (Å²) in [5, 5.41) is 14.9. The molecule has 2 unspecified atom stereocenters. The minimum absolute atomic E-state index is 0.485. The lowest BCUT2D eigenvalue weighted by molar-refractivity contribution is 0.0418. The van der Waals surface area contributed by atoms with Gasteiger partial charge in [-0.2, -0.15) is 5.10 Å². The number of rotatable bonds is 3. The maximum absolute atomic E-state index is 10.5. The minimum Gasteiger partial charge on any atom is -0.389 e. The molecule has 1 heterocycles. The Balaban J connectivity index is 2.07. The van der Waals surface area contributed by atoms with Crippen LogP contribution in [-0.4, -0.2) is 20.5 Å². The summed E-state index contributed by atoms with van der Waals surface area (Å²) in [7, 11) is 1.96. The van der Waals surface area contributed by atoms with Gasteiger partial charge < -0.3 is 5.11 Å². The zero-order chi connectivity index (χ0) is 11.8. The van der Waals surface area contributed by atoms with E-state index in [0.717, 1.165) is 30.7 Å². The average molecular weight is 222 g/mol. The molecule has 0 spiro atoms. The first-order valence-corrected chi connectivity index (χ1v) is 6.24. The second kappa shape index (κ2) is 4.21. The van der Waals surface area contributed by atoms with Gasteiger partial charge in [-0.05, 0) is 38.2 Å². The van der Waals surface area contributed by atoms with E-state index in [1.807, 2.05) is 18.7 Å². The molecular formula is C13H22N2O. The van der Waals surface area contributed by atoms with Crippen molar-refractivity contribution in [1.29, 1.82) is 0 Å². The van der Waals surface area contributed by atoms with E-state index in [2.05, 4.69) is 18.1 Å². The van der Waals surface area contributed by atoms with E-state index in [-0.39, 0.29) is 0 Å². The Bertz CT molecular complexity index is 372. The quantitative estimate of drug-likeness (QED) is 0.851. The van der Waals surface area contributed by atoms with Crippen molar-refractivity contribution in [2.45, 2.75) is 51.6 Å². The lowest BCUT2D eigenvalue weighted by Gasteiger charge is -2.22. The summed E-state index contributed by atoms with van der Waals surface area (Å²) in [6.07, 6.45) is 5.00. The smallest absolute Gasteiger partial charge is 0.0705 e. The Morgan fingerprint density at radius 2 is 2.38 bits per heavy atom. The molecule has 0 bridgehead atoms. The van der Waals surface area contributed by atoms with Crippen molar-refractivity contribution in [2.24, 2.45) is 13.0 Å². The molecule has 0 saturated heterocycles. The van der Waals surface area contributed by atoms with Gasteiger partial charge in [-0.3, -0.25) is 4.68 Å². The van der Waals surface area contributed by atoms with Crippen molar-refractivity contribution in [3.8, 4) is 0 Å². The van der Waals surface area contributed by atoms with Gasteiger partial charge in [0.15, 0.2) is 0 Å². The first kappa shape index (κ1) is 11.6. The number of hydrogen-bond donors (Lipinski definition) is 1. The summed E-state index contributed by atoms with van der Waals surface area (Å²) in [6.45, 7) is 4.21. The van der Waals surface area contributed by atoms with Crippen LogP contribution < -0.4 is 0 Å². The number of aromatic nitrogens is 2. The second-order valence-electron chi connectivity index (χ2n) is 5.32. The third kappa shape index (κ3) is 2.29. The highest BCUT2D eigenvalue weighted by atomic mass is 16.3. The third-order valence-electron chi connectivity index (χ3n) is 3.87. The van der Waals surface area contributed by atoms with Gasteiger partial charge in [-0.15, -0.1) is 0 Å². The predicted molar refractivity (Wildman–Crippen MR) is 64.2 cm³/mol. The molecular weight excluding hydrogens is 200 g/mol. The minimum atomic E-state index is -0.485. The molecule has 3 heteroatoms. The second-order valence-corrected chi connectivity index (χ2v) is 5.32.